The molecule has 0 aliphatic rings. The molecular formula is C13H16ClNO5S. The molecule has 0 bridgehead atoms. The van der Waals surface area contributed by atoms with E-state index in [4.69, 9.17) is 16.7 Å². The van der Waals surface area contributed by atoms with Crippen LogP contribution in [0.5, 0.6) is 0 Å². The van der Waals surface area contributed by atoms with E-state index in [0.717, 1.165) is 4.90 Å². The summed E-state index contributed by atoms with van der Waals surface area (Å²) in [4.78, 5) is 23.7. The average molecular weight is 334 g/mol. The average Bonchev–Trinajstić information content (AvgIpc) is 2.35. The smallest absolute Gasteiger partial charge is 0.323 e. The first kappa shape index (κ1) is 17.5. The maximum Gasteiger partial charge on any atom is 0.323 e. The van der Waals surface area contributed by atoms with Crippen molar-refractivity contribution in [2.75, 3.05) is 12.3 Å². The van der Waals surface area contributed by atoms with Crippen LogP contribution in [0.15, 0.2) is 29.2 Å². The highest BCUT2D eigenvalue weighted by molar-refractivity contribution is 7.92. The van der Waals surface area contributed by atoms with Gasteiger partial charge in [-0.2, -0.15) is 0 Å². The Hall–Kier alpha value is -1.60. The second-order valence-corrected chi connectivity index (χ2v) is 7.15. The van der Waals surface area contributed by atoms with Crippen molar-refractivity contribution in [1.29, 1.82) is 0 Å². The van der Waals surface area contributed by atoms with Gasteiger partial charge in [0.15, 0.2) is 9.84 Å². The molecule has 21 heavy (non-hydrogen) atoms. The van der Waals surface area contributed by atoms with Crippen molar-refractivity contribution in [3.63, 3.8) is 0 Å². The van der Waals surface area contributed by atoms with Crippen LogP contribution in [0, 0.1) is 0 Å². The topological polar surface area (TPSA) is 91.8 Å². The van der Waals surface area contributed by atoms with Gasteiger partial charge in [-0.05, 0) is 38.1 Å². The van der Waals surface area contributed by atoms with Gasteiger partial charge >= 0.3 is 5.97 Å². The third-order valence-electron chi connectivity index (χ3n) is 2.74. The number of rotatable bonds is 6. The Kier molecular flexibility index (Phi) is 5.74. The van der Waals surface area contributed by atoms with Gasteiger partial charge in [0.05, 0.1) is 4.90 Å². The predicted octanol–water partition coefficient (Wildman–Crippen LogP) is 1.44. The molecular weight excluding hydrogens is 318 g/mol. The fourth-order valence-corrected chi connectivity index (χ4v) is 3.01. The van der Waals surface area contributed by atoms with Crippen molar-refractivity contribution < 1.29 is 23.1 Å². The molecule has 0 heterocycles. The second-order valence-electron chi connectivity index (χ2n) is 4.72. The lowest BCUT2D eigenvalue weighted by atomic mass is 10.3. The number of aliphatic carboxylic acids is 1. The van der Waals surface area contributed by atoms with E-state index in [0.29, 0.717) is 5.02 Å². The summed E-state index contributed by atoms with van der Waals surface area (Å²) in [5.74, 6) is -2.72. The van der Waals surface area contributed by atoms with E-state index in [9.17, 15) is 18.0 Å². The summed E-state index contributed by atoms with van der Waals surface area (Å²) in [6, 6.07) is 5.03. The van der Waals surface area contributed by atoms with Gasteiger partial charge in [-0.3, -0.25) is 9.59 Å². The normalized spacial score (nSPS) is 11.4. The number of benzene rings is 1. The minimum Gasteiger partial charge on any atom is -0.480 e. The molecule has 0 spiro atoms. The molecule has 0 radical (unpaired) electrons. The lowest BCUT2D eigenvalue weighted by molar-refractivity contribution is -0.144. The molecule has 1 amide bonds. The van der Waals surface area contributed by atoms with E-state index in [-0.39, 0.29) is 4.90 Å². The summed E-state index contributed by atoms with van der Waals surface area (Å²) < 4.78 is 24.3. The van der Waals surface area contributed by atoms with Crippen molar-refractivity contribution >= 4 is 33.3 Å². The molecule has 116 valence electrons. The molecule has 8 heteroatoms. The Labute approximate surface area is 128 Å². The molecule has 6 nitrogen and oxygen atoms in total. The predicted molar refractivity (Wildman–Crippen MR) is 78.0 cm³/mol. The number of nitrogens with zero attached hydrogens (tertiary/aromatic N) is 1. The van der Waals surface area contributed by atoms with E-state index in [2.05, 4.69) is 0 Å². The van der Waals surface area contributed by atoms with Crippen molar-refractivity contribution in [3.05, 3.63) is 29.3 Å². The van der Waals surface area contributed by atoms with Crippen LogP contribution in [0.2, 0.25) is 5.02 Å². The number of carbonyl (C=O) groups is 2. The number of carbonyl (C=O) groups excluding carboxylic acids is 1. The van der Waals surface area contributed by atoms with Crippen LogP contribution in [-0.4, -0.2) is 48.6 Å². The Morgan fingerprint density at radius 1 is 1.24 bits per heavy atom. The molecule has 0 saturated carbocycles. The first-order valence-electron chi connectivity index (χ1n) is 6.13. The Bertz CT molecular complexity index is 624. The number of carboxylic acid groups (broad SMARTS) is 1. The maximum absolute atomic E-state index is 12.1. The maximum atomic E-state index is 12.1. The van der Waals surface area contributed by atoms with E-state index in [1.165, 1.54) is 24.3 Å². The summed E-state index contributed by atoms with van der Waals surface area (Å²) in [6.45, 7) is 2.71. The summed E-state index contributed by atoms with van der Waals surface area (Å²) in [5.41, 5.74) is 0. The number of hydrogen-bond acceptors (Lipinski definition) is 4. The number of sulfone groups is 1. The van der Waals surface area contributed by atoms with Crippen LogP contribution in [0.25, 0.3) is 0 Å². The molecule has 1 N–H and O–H groups in total. The summed E-state index contributed by atoms with van der Waals surface area (Å²) in [7, 11) is -3.83. The largest absolute Gasteiger partial charge is 0.480 e. The zero-order chi connectivity index (χ0) is 16.2. The van der Waals surface area contributed by atoms with Crippen LogP contribution in [-0.2, 0) is 19.4 Å². The Balaban J connectivity index is 2.94. The van der Waals surface area contributed by atoms with Gasteiger partial charge in [0.25, 0.3) is 0 Å². The van der Waals surface area contributed by atoms with Crippen LogP contribution in [0.4, 0.5) is 0 Å². The quantitative estimate of drug-likeness (QED) is 0.850. The van der Waals surface area contributed by atoms with Crippen molar-refractivity contribution in [2.24, 2.45) is 0 Å². The van der Waals surface area contributed by atoms with Gasteiger partial charge in [-0.25, -0.2) is 8.42 Å². The van der Waals surface area contributed by atoms with Crippen LogP contribution < -0.4 is 0 Å². The van der Waals surface area contributed by atoms with Crippen molar-refractivity contribution in [2.45, 2.75) is 24.8 Å². The van der Waals surface area contributed by atoms with Crippen LogP contribution in [0.3, 0.4) is 0 Å². The molecule has 1 rings (SSSR count). The first-order chi connectivity index (χ1) is 9.63. The minimum atomic E-state index is -3.83. The second kappa shape index (κ2) is 6.91. The molecule has 0 aliphatic carbocycles. The number of carboxylic acids is 1. The summed E-state index contributed by atoms with van der Waals surface area (Å²) in [5, 5.41) is 9.15. The molecule has 0 aromatic heterocycles. The molecule has 0 fully saturated rings. The summed E-state index contributed by atoms with van der Waals surface area (Å²) >= 11 is 5.68. The van der Waals surface area contributed by atoms with Crippen LogP contribution >= 0.6 is 11.6 Å². The van der Waals surface area contributed by atoms with Gasteiger partial charge in [0, 0.05) is 11.1 Å². The number of hydrogen-bond donors (Lipinski definition) is 1. The molecule has 1 aromatic carbocycles. The SMILES string of the molecule is CC(C)N(CC(=O)O)C(=O)CS(=O)(=O)c1ccc(Cl)cc1. The fraction of sp³-hybridized carbons (Fsp3) is 0.385. The Morgan fingerprint density at radius 3 is 2.19 bits per heavy atom. The minimum absolute atomic E-state index is 0.0284. The van der Waals surface area contributed by atoms with Crippen molar-refractivity contribution in [3.8, 4) is 0 Å². The zero-order valence-corrected chi connectivity index (χ0v) is 13.2. The third-order valence-corrected chi connectivity index (χ3v) is 4.60. The zero-order valence-electron chi connectivity index (χ0n) is 11.6. The molecule has 1 aromatic rings. The van der Waals surface area contributed by atoms with Gasteiger partial charge in [-0.1, -0.05) is 11.6 Å². The first-order valence-corrected chi connectivity index (χ1v) is 8.16. The van der Waals surface area contributed by atoms with E-state index >= 15 is 0 Å². The number of amides is 1. The monoisotopic (exact) mass is 333 g/mol. The van der Waals surface area contributed by atoms with Crippen LogP contribution in [0.1, 0.15) is 13.8 Å². The highest BCUT2D eigenvalue weighted by Crippen LogP contribution is 2.16. The van der Waals surface area contributed by atoms with Gasteiger partial charge < -0.3 is 10.0 Å². The Morgan fingerprint density at radius 2 is 1.76 bits per heavy atom. The molecule has 0 unspecified atom stereocenters. The number of halogens is 1. The highest BCUT2D eigenvalue weighted by Gasteiger charge is 2.26. The van der Waals surface area contributed by atoms with Gasteiger partial charge in [0.1, 0.15) is 12.3 Å². The molecule has 0 saturated heterocycles. The van der Waals surface area contributed by atoms with Crippen molar-refractivity contribution in [1.82, 2.24) is 4.90 Å². The molecule has 0 atom stereocenters. The molecule has 0 aliphatic heterocycles. The lowest BCUT2D eigenvalue weighted by Crippen LogP contribution is -2.43. The third kappa shape index (κ3) is 5.02. The fourth-order valence-electron chi connectivity index (χ4n) is 1.68. The van der Waals surface area contributed by atoms with E-state index in [1.54, 1.807) is 13.8 Å². The lowest BCUT2D eigenvalue weighted by Gasteiger charge is -2.24. The van der Waals surface area contributed by atoms with Gasteiger partial charge in [-0.15, -0.1) is 0 Å². The standard InChI is InChI=1S/C13H16ClNO5S/c1-9(2)15(7-13(17)18)12(16)8-21(19,20)11-5-3-10(14)4-6-11/h3-6,9H,7-8H2,1-2H3,(H,17,18). The highest BCUT2D eigenvalue weighted by atomic mass is 35.5. The van der Waals surface area contributed by atoms with E-state index < -0.39 is 40.1 Å². The van der Waals surface area contributed by atoms with E-state index in [1.807, 2.05) is 0 Å². The summed E-state index contributed by atoms with van der Waals surface area (Å²) in [6.07, 6.45) is 0. The van der Waals surface area contributed by atoms with Gasteiger partial charge in [0.2, 0.25) is 5.91 Å².